The summed E-state index contributed by atoms with van der Waals surface area (Å²) in [6.45, 7) is 3.33. The number of carbonyl (C=O) groups is 2. The minimum absolute atomic E-state index is 0.0128. The number of esters is 2. The molecule has 6 N–H and O–H groups in total. The molecule has 1 saturated carbocycles. The van der Waals surface area contributed by atoms with Gasteiger partial charge in [-0.3, -0.25) is 18.6 Å². The molecule has 1 rings (SSSR count). The lowest BCUT2D eigenvalue weighted by molar-refractivity contribution is -0.161. The second-order valence-corrected chi connectivity index (χ2v) is 16.6. The molecule has 326 valence electrons. The molecule has 56 heavy (non-hydrogen) atoms. The summed E-state index contributed by atoms with van der Waals surface area (Å²) in [4.78, 5) is 35.0. The van der Waals surface area contributed by atoms with E-state index in [2.05, 4.69) is 26.0 Å². The van der Waals surface area contributed by atoms with Crippen LogP contribution in [0.1, 0.15) is 162 Å². The van der Waals surface area contributed by atoms with Crippen molar-refractivity contribution >= 4 is 19.8 Å². The normalized spacial score (nSPS) is 20.9. The Bertz CT molecular complexity index is 1130. The lowest BCUT2D eigenvalue weighted by Crippen LogP contribution is -2.29. The number of unbranched alkanes of at least 4 members (excludes halogenated alkanes) is 14. The molecule has 0 aliphatic heterocycles. The Labute approximate surface area is 338 Å². The zero-order valence-electron chi connectivity index (χ0n) is 34.7. The molecule has 1 fully saturated rings. The van der Waals surface area contributed by atoms with E-state index in [4.69, 9.17) is 24.3 Å². The highest BCUT2D eigenvalue weighted by molar-refractivity contribution is 7.47. The fourth-order valence-electron chi connectivity index (χ4n) is 6.74. The number of nitrogens with two attached hydrogens (primary N) is 1. The van der Waals surface area contributed by atoms with Gasteiger partial charge in [0.1, 0.15) is 6.61 Å². The maximum absolute atomic E-state index is 12.7. The minimum Gasteiger partial charge on any atom is -0.462 e. The maximum atomic E-state index is 12.7. The average Bonchev–Trinajstić information content (AvgIpc) is 3.44. The molecule has 1 aliphatic carbocycles. The summed E-state index contributed by atoms with van der Waals surface area (Å²) >= 11 is 0. The number of ether oxygens (including phenoxy) is 2. The van der Waals surface area contributed by atoms with Crippen molar-refractivity contribution in [3.05, 3.63) is 36.5 Å². The molecule has 0 bridgehead atoms. The number of allylic oxidation sites excluding steroid dienone is 4. The highest BCUT2D eigenvalue weighted by Crippen LogP contribution is 2.43. The van der Waals surface area contributed by atoms with E-state index in [1.165, 1.54) is 38.5 Å². The first-order chi connectivity index (χ1) is 27.0. The number of hydrogen-bond acceptors (Lipinski definition) is 11. The number of phosphoric acid groups is 1. The molecule has 12 nitrogen and oxygen atoms in total. The van der Waals surface area contributed by atoms with Crippen molar-refractivity contribution in [1.82, 2.24) is 0 Å². The molecule has 0 aromatic heterocycles. The SMILES string of the molecule is CCCCCCCC/C=C\CCCCCCCC(=O)OCC(COP(=O)(O)OCCN)OC(=O)CCC/C=C\CC1C(O)CC(O)C1/C=C/C(O)CCCCC. The fourth-order valence-corrected chi connectivity index (χ4v) is 7.51. The largest absolute Gasteiger partial charge is 0.472 e. The molecule has 0 saturated heterocycles. The van der Waals surface area contributed by atoms with Gasteiger partial charge in [0, 0.05) is 31.7 Å². The highest BCUT2D eigenvalue weighted by atomic mass is 31.2. The lowest BCUT2D eigenvalue weighted by atomic mass is 9.89. The third-order valence-electron chi connectivity index (χ3n) is 10.1. The average molecular weight is 816 g/mol. The third kappa shape index (κ3) is 27.7. The first-order valence-corrected chi connectivity index (χ1v) is 23.2. The molecular weight excluding hydrogens is 737 g/mol. The van der Waals surface area contributed by atoms with Crippen molar-refractivity contribution in [3.63, 3.8) is 0 Å². The predicted molar refractivity (Wildman–Crippen MR) is 222 cm³/mol. The van der Waals surface area contributed by atoms with Crippen molar-refractivity contribution in [2.24, 2.45) is 17.6 Å². The monoisotopic (exact) mass is 816 g/mol. The lowest BCUT2D eigenvalue weighted by Gasteiger charge is -2.20. The van der Waals surface area contributed by atoms with Crippen LogP contribution in [0.25, 0.3) is 0 Å². The van der Waals surface area contributed by atoms with E-state index in [0.717, 1.165) is 57.8 Å². The van der Waals surface area contributed by atoms with Gasteiger partial charge in [-0.05, 0) is 63.7 Å². The van der Waals surface area contributed by atoms with Crippen LogP contribution >= 0.6 is 7.82 Å². The molecule has 0 aromatic carbocycles. The van der Waals surface area contributed by atoms with Crippen LogP contribution in [-0.2, 0) is 32.7 Å². The van der Waals surface area contributed by atoms with E-state index in [1.54, 1.807) is 6.08 Å². The standard InChI is InChI=1S/C43H78NO11P/c1-3-5-7-8-9-10-11-12-13-14-15-16-17-18-23-27-42(48)52-34-37(35-54-56(50,51)53-32-31-44)55-43(49)28-24-20-19-22-26-38-39(41(47)33-40(38)46)30-29-36(45)25-21-6-4-2/h12-13,19,22,29-30,36-41,45-47H,3-11,14-18,20-21,23-28,31-35,44H2,1-2H3,(H,50,51)/b13-12-,22-19-,30-29+. The van der Waals surface area contributed by atoms with Crippen molar-refractivity contribution < 1.29 is 52.9 Å². The first-order valence-electron chi connectivity index (χ1n) is 21.7. The van der Waals surface area contributed by atoms with Gasteiger partial charge in [-0.25, -0.2) is 4.57 Å². The molecule has 0 spiro atoms. The van der Waals surface area contributed by atoms with Gasteiger partial charge in [0.2, 0.25) is 0 Å². The minimum atomic E-state index is -4.45. The van der Waals surface area contributed by atoms with E-state index in [9.17, 15) is 34.4 Å². The van der Waals surface area contributed by atoms with Gasteiger partial charge in [-0.1, -0.05) is 121 Å². The van der Waals surface area contributed by atoms with Crippen LogP contribution in [0.2, 0.25) is 0 Å². The van der Waals surface area contributed by atoms with E-state index in [0.29, 0.717) is 32.1 Å². The van der Waals surface area contributed by atoms with Gasteiger partial charge in [0.25, 0.3) is 0 Å². The summed E-state index contributed by atoms with van der Waals surface area (Å²) in [5.74, 6) is -1.45. The zero-order valence-corrected chi connectivity index (χ0v) is 35.6. The van der Waals surface area contributed by atoms with Gasteiger partial charge in [0.15, 0.2) is 6.10 Å². The molecular formula is C43H78NO11P. The number of aliphatic hydroxyl groups is 3. The summed E-state index contributed by atoms with van der Waals surface area (Å²) in [7, 11) is -4.45. The number of carbonyl (C=O) groups excluding carboxylic acids is 2. The number of hydrogen-bond donors (Lipinski definition) is 5. The summed E-state index contributed by atoms with van der Waals surface area (Å²) in [6.07, 6.45) is 29.8. The third-order valence-corrected chi connectivity index (χ3v) is 11.1. The van der Waals surface area contributed by atoms with Gasteiger partial charge in [-0.2, -0.15) is 0 Å². The van der Waals surface area contributed by atoms with Crippen molar-refractivity contribution in [2.75, 3.05) is 26.4 Å². The summed E-state index contributed by atoms with van der Waals surface area (Å²) < 4.78 is 32.7. The van der Waals surface area contributed by atoms with Crippen molar-refractivity contribution in [1.29, 1.82) is 0 Å². The van der Waals surface area contributed by atoms with Crippen LogP contribution in [0.4, 0.5) is 0 Å². The van der Waals surface area contributed by atoms with Gasteiger partial charge in [-0.15, -0.1) is 0 Å². The van der Waals surface area contributed by atoms with Crippen LogP contribution in [-0.4, -0.2) is 82.9 Å². The smallest absolute Gasteiger partial charge is 0.462 e. The first kappa shape index (κ1) is 52.1. The summed E-state index contributed by atoms with van der Waals surface area (Å²) in [5, 5.41) is 31.3. The van der Waals surface area contributed by atoms with Crippen LogP contribution in [0.15, 0.2) is 36.5 Å². The van der Waals surface area contributed by atoms with Crippen molar-refractivity contribution in [3.8, 4) is 0 Å². The molecule has 0 aromatic rings. The molecule has 0 amide bonds. The van der Waals surface area contributed by atoms with Crippen LogP contribution in [0.5, 0.6) is 0 Å². The Kier molecular flexibility index (Phi) is 31.7. The highest BCUT2D eigenvalue weighted by Gasteiger charge is 2.39. The van der Waals surface area contributed by atoms with Gasteiger partial charge < -0.3 is 35.4 Å². The molecule has 0 radical (unpaired) electrons. The van der Waals surface area contributed by atoms with E-state index >= 15 is 0 Å². The zero-order chi connectivity index (χ0) is 41.3. The summed E-state index contributed by atoms with van der Waals surface area (Å²) in [5.41, 5.74) is 5.34. The molecule has 1 aliphatic rings. The molecule has 7 atom stereocenters. The maximum Gasteiger partial charge on any atom is 0.472 e. The topological polar surface area (TPSA) is 195 Å². The molecule has 7 unspecified atom stereocenters. The Morgan fingerprint density at radius 1 is 0.750 bits per heavy atom. The molecule has 13 heteroatoms. The second-order valence-electron chi connectivity index (χ2n) is 15.2. The van der Waals surface area contributed by atoms with E-state index in [-0.39, 0.29) is 50.9 Å². The fraction of sp³-hybridized carbons (Fsp3) is 0.814. The van der Waals surface area contributed by atoms with Gasteiger partial charge >= 0.3 is 19.8 Å². The quantitative estimate of drug-likeness (QED) is 0.0175. The Balaban J connectivity index is 2.43. The van der Waals surface area contributed by atoms with E-state index < -0.39 is 50.8 Å². The Morgan fingerprint density at radius 2 is 1.34 bits per heavy atom. The Hall–Kier alpha value is -1.89. The number of aliphatic hydroxyl groups excluding tert-OH is 3. The number of phosphoric ester groups is 1. The van der Waals surface area contributed by atoms with Crippen LogP contribution < -0.4 is 5.73 Å². The van der Waals surface area contributed by atoms with Crippen LogP contribution in [0.3, 0.4) is 0 Å². The Morgan fingerprint density at radius 3 is 2.02 bits per heavy atom. The predicted octanol–water partition coefficient (Wildman–Crippen LogP) is 8.54. The second kappa shape index (κ2) is 34.0. The van der Waals surface area contributed by atoms with Gasteiger partial charge in [0.05, 0.1) is 31.5 Å². The number of rotatable bonds is 36. The molecule has 0 heterocycles. The van der Waals surface area contributed by atoms with Crippen molar-refractivity contribution in [2.45, 2.75) is 186 Å². The summed E-state index contributed by atoms with van der Waals surface area (Å²) in [6, 6.07) is 0. The van der Waals surface area contributed by atoms with Crippen LogP contribution in [0, 0.1) is 11.8 Å². The van der Waals surface area contributed by atoms with E-state index in [1.807, 2.05) is 18.2 Å².